The number of nitrogens with zero attached hydrogens (tertiary/aromatic N) is 1. The van der Waals surface area contributed by atoms with E-state index in [1.807, 2.05) is 0 Å². The first kappa shape index (κ1) is 35.6. The number of aliphatic hydroxyl groups is 1. The van der Waals surface area contributed by atoms with E-state index in [0.717, 1.165) is 0 Å². The van der Waals surface area contributed by atoms with Crippen LogP contribution in [0.3, 0.4) is 0 Å². The highest BCUT2D eigenvalue weighted by atomic mass is 19.4. The minimum absolute atomic E-state index is 0.00925. The maximum absolute atomic E-state index is 13.6. The Labute approximate surface area is 255 Å². The number of ether oxygens (including phenoxy) is 3. The number of amides is 1. The van der Waals surface area contributed by atoms with Crippen LogP contribution in [0.5, 0.6) is 5.75 Å². The number of nitrogens with one attached hydrogen (secondary N) is 2. The Kier molecular flexibility index (Phi) is 11.1. The summed E-state index contributed by atoms with van der Waals surface area (Å²) in [6.45, 7) is 6.23. The molecule has 1 aliphatic heterocycles. The van der Waals surface area contributed by atoms with E-state index < -0.39 is 59.1 Å². The Morgan fingerprint density at radius 3 is 2.13 bits per heavy atom. The van der Waals surface area contributed by atoms with Crippen molar-refractivity contribution in [1.82, 2.24) is 10.9 Å². The van der Waals surface area contributed by atoms with Gasteiger partial charge >= 0.3 is 18.3 Å². The number of alkyl halides is 6. The van der Waals surface area contributed by atoms with Gasteiger partial charge in [0.05, 0.1) is 17.7 Å². The quantitative estimate of drug-likeness (QED) is 0.123. The van der Waals surface area contributed by atoms with E-state index in [0.29, 0.717) is 36.5 Å². The minimum Gasteiger partial charge on any atom is -0.494 e. The highest BCUT2D eigenvalue weighted by Gasteiger charge is 2.50. The van der Waals surface area contributed by atoms with Crippen LogP contribution in [0.2, 0.25) is 0 Å². The number of hydrazine groups is 1. The minimum atomic E-state index is -5.03. The molecule has 0 saturated heterocycles. The largest absolute Gasteiger partial charge is 0.494 e. The van der Waals surface area contributed by atoms with E-state index in [2.05, 4.69) is 15.8 Å². The van der Waals surface area contributed by atoms with E-state index in [4.69, 9.17) is 19.3 Å². The number of hydrogen-bond acceptors (Lipinski definition) is 8. The molecule has 0 saturated carbocycles. The average Bonchev–Trinajstić information content (AvgIpc) is 3.27. The van der Waals surface area contributed by atoms with Crippen LogP contribution < -0.4 is 15.6 Å². The van der Waals surface area contributed by atoms with Gasteiger partial charge < -0.3 is 19.3 Å². The number of aliphatic hydroxyl groups excluding tert-OH is 1. The molecule has 1 aliphatic rings. The molecule has 2 atom stereocenters. The Morgan fingerprint density at radius 1 is 1.00 bits per heavy atom. The molecule has 3 rings (SSSR count). The van der Waals surface area contributed by atoms with Crippen molar-refractivity contribution < 1.29 is 55.2 Å². The van der Waals surface area contributed by atoms with E-state index >= 15 is 0 Å². The molecule has 2 aromatic rings. The highest BCUT2D eigenvalue weighted by molar-refractivity contribution is 6.00. The number of hydrogen-bond donors (Lipinski definition) is 3. The number of esters is 1. The lowest BCUT2D eigenvalue weighted by atomic mass is 9.88. The molecule has 0 spiro atoms. The van der Waals surface area contributed by atoms with Crippen LogP contribution in [0.15, 0.2) is 47.5 Å². The van der Waals surface area contributed by atoms with Crippen LogP contribution in [0, 0.1) is 0 Å². The van der Waals surface area contributed by atoms with Crippen LogP contribution in [-0.4, -0.2) is 53.3 Å². The Balaban J connectivity index is 1.84. The Bertz CT molecular complexity index is 1340. The normalized spacial score (nSPS) is 18.6. The van der Waals surface area contributed by atoms with Gasteiger partial charge in [-0.05, 0) is 82.1 Å². The van der Waals surface area contributed by atoms with E-state index in [1.54, 1.807) is 52.0 Å². The number of benzene rings is 2. The maximum atomic E-state index is 13.6. The number of aliphatic imine (C=N–C) groups is 1. The zero-order chi connectivity index (χ0) is 33.6. The van der Waals surface area contributed by atoms with Gasteiger partial charge in [-0.1, -0.05) is 0 Å². The standard InChI is InChI=1S/C30H35F6N3O6/c1-18-28(11-10-24(41)45-27(2,3)4,38-25(44-18)20-6-8-23(9-7-20)43-13-5-12-40)26(42)39-37-17-19-14-21(29(31,32)33)16-22(15-19)30(34,35)36/h6-9,14-16,18,37,40H,5,10-13,17H2,1-4H3,(H,39,42)/t18-,28-/m0/s1. The van der Waals surface area contributed by atoms with Gasteiger partial charge in [0.2, 0.25) is 5.90 Å². The summed E-state index contributed by atoms with van der Waals surface area (Å²) in [7, 11) is 0. The van der Waals surface area contributed by atoms with Gasteiger partial charge in [-0.15, -0.1) is 0 Å². The number of rotatable bonds is 12. The molecule has 9 nitrogen and oxygen atoms in total. The Hall–Kier alpha value is -3.85. The number of halogens is 6. The summed E-state index contributed by atoms with van der Waals surface area (Å²) in [6.07, 6.45) is -11.0. The van der Waals surface area contributed by atoms with Gasteiger partial charge in [-0.25, -0.2) is 10.4 Å². The molecule has 3 N–H and O–H groups in total. The van der Waals surface area contributed by atoms with Gasteiger partial charge in [0.1, 0.15) is 17.5 Å². The third-order valence-electron chi connectivity index (χ3n) is 6.60. The molecule has 0 aliphatic carbocycles. The van der Waals surface area contributed by atoms with Gasteiger partial charge in [0, 0.05) is 31.6 Å². The molecule has 0 bridgehead atoms. The van der Waals surface area contributed by atoms with Crippen LogP contribution in [0.4, 0.5) is 26.3 Å². The molecule has 15 heteroatoms. The van der Waals surface area contributed by atoms with Crippen molar-refractivity contribution in [3.63, 3.8) is 0 Å². The molecular weight excluding hydrogens is 612 g/mol. The lowest BCUT2D eigenvalue weighted by molar-refractivity contribution is -0.155. The lowest BCUT2D eigenvalue weighted by Gasteiger charge is -2.28. The molecular formula is C30H35F6N3O6. The number of carbonyl (C=O) groups is 2. The third kappa shape index (κ3) is 9.82. The average molecular weight is 648 g/mol. The number of carbonyl (C=O) groups excluding carboxylic acids is 2. The topological polar surface area (TPSA) is 118 Å². The van der Waals surface area contributed by atoms with E-state index in [1.165, 1.54) is 0 Å². The first-order valence-electron chi connectivity index (χ1n) is 14.0. The first-order valence-corrected chi connectivity index (χ1v) is 14.0. The summed E-state index contributed by atoms with van der Waals surface area (Å²) in [4.78, 5) is 30.6. The summed E-state index contributed by atoms with van der Waals surface area (Å²) < 4.78 is 96.4. The van der Waals surface area contributed by atoms with Gasteiger partial charge in [0.15, 0.2) is 5.54 Å². The summed E-state index contributed by atoms with van der Waals surface area (Å²) in [5.74, 6) is -0.872. The van der Waals surface area contributed by atoms with Crippen molar-refractivity contribution in [3.05, 3.63) is 64.7 Å². The molecule has 0 unspecified atom stereocenters. The second-order valence-corrected chi connectivity index (χ2v) is 11.4. The lowest BCUT2D eigenvalue weighted by Crippen LogP contribution is -2.54. The molecule has 0 aromatic heterocycles. The smallest absolute Gasteiger partial charge is 0.416 e. The van der Waals surface area contributed by atoms with Crippen molar-refractivity contribution in [2.24, 2.45) is 4.99 Å². The van der Waals surface area contributed by atoms with Crippen molar-refractivity contribution in [2.45, 2.75) is 83.1 Å². The summed E-state index contributed by atoms with van der Waals surface area (Å²) in [5.41, 5.74) is -0.735. The van der Waals surface area contributed by atoms with Gasteiger partial charge in [0.25, 0.3) is 5.91 Å². The fourth-order valence-corrected chi connectivity index (χ4v) is 4.39. The molecule has 45 heavy (non-hydrogen) atoms. The van der Waals surface area contributed by atoms with Crippen molar-refractivity contribution in [3.8, 4) is 5.75 Å². The van der Waals surface area contributed by atoms with Crippen LogP contribution >= 0.6 is 0 Å². The Morgan fingerprint density at radius 2 is 1.60 bits per heavy atom. The van der Waals surface area contributed by atoms with Gasteiger partial charge in [-0.3, -0.25) is 15.0 Å². The fraction of sp³-hybridized carbons (Fsp3) is 0.500. The van der Waals surface area contributed by atoms with E-state index in [-0.39, 0.29) is 37.0 Å². The summed E-state index contributed by atoms with van der Waals surface area (Å²) >= 11 is 0. The molecule has 2 aromatic carbocycles. The molecule has 1 heterocycles. The van der Waals surface area contributed by atoms with Crippen molar-refractivity contribution >= 4 is 17.8 Å². The summed E-state index contributed by atoms with van der Waals surface area (Å²) in [5, 5.41) is 8.92. The zero-order valence-electron chi connectivity index (χ0n) is 25.1. The predicted molar refractivity (Wildman–Crippen MR) is 150 cm³/mol. The molecule has 0 radical (unpaired) electrons. The van der Waals surface area contributed by atoms with Crippen molar-refractivity contribution in [1.29, 1.82) is 0 Å². The second kappa shape index (κ2) is 14.1. The molecule has 1 amide bonds. The fourth-order valence-electron chi connectivity index (χ4n) is 4.39. The second-order valence-electron chi connectivity index (χ2n) is 11.4. The van der Waals surface area contributed by atoms with Crippen LogP contribution in [-0.2, 0) is 38.0 Å². The van der Waals surface area contributed by atoms with Crippen molar-refractivity contribution in [2.75, 3.05) is 13.2 Å². The first-order chi connectivity index (χ1) is 20.8. The SMILES string of the molecule is C[C@@H]1OC(c2ccc(OCCCO)cc2)=N[C@]1(CCC(=O)OC(C)(C)C)C(=O)NNCc1cc(C(F)(F)F)cc(C(F)(F)F)c1. The van der Waals surface area contributed by atoms with E-state index in [9.17, 15) is 35.9 Å². The maximum Gasteiger partial charge on any atom is 0.416 e. The predicted octanol–water partition coefficient (Wildman–Crippen LogP) is 5.33. The summed E-state index contributed by atoms with van der Waals surface area (Å²) in [6, 6.07) is 7.63. The monoisotopic (exact) mass is 647 g/mol. The molecule has 0 fully saturated rings. The van der Waals surface area contributed by atoms with Gasteiger partial charge in [-0.2, -0.15) is 26.3 Å². The van der Waals surface area contributed by atoms with Crippen LogP contribution in [0.25, 0.3) is 0 Å². The van der Waals surface area contributed by atoms with Crippen LogP contribution in [0.1, 0.15) is 69.2 Å². The molecule has 248 valence electrons. The third-order valence-corrected chi connectivity index (χ3v) is 6.60. The highest BCUT2D eigenvalue weighted by Crippen LogP contribution is 2.37. The zero-order valence-corrected chi connectivity index (χ0v) is 25.1.